The van der Waals surface area contributed by atoms with Crippen LogP contribution >= 0.6 is 23.1 Å². The highest BCUT2D eigenvalue weighted by Gasteiger charge is 2.44. The van der Waals surface area contributed by atoms with E-state index in [2.05, 4.69) is 0 Å². The number of carbonyl (C=O) groups excluding carboxylic acids is 1. The molecule has 7 nitrogen and oxygen atoms in total. The number of nitrogens with zero attached hydrogens (tertiary/aromatic N) is 2. The van der Waals surface area contributed by atoms with Gasteiger partial charge in [0.05, 0.1) is 24.5 Å². The Morgan fingerprint density at radius 2 is 1.94 bits per heavy atom. The molecule has 2 atom stereocenters. The number of aryl methyl sites for hydroxylation is 1. The second kappa shape index (κ2) is 9.68. The fourth-order valence-corrected chi connectivity index (χ4v) is 6.32. The number of carboxylic acids is 1. The number of aromatic nitrogens is 1. The molecule has 1 amide bonds. The van der Waals surface area contributed by atoms with E-state index in [0.717, 1.165) is 22.3 Å². The number of phenolic OH excluding ortho intramolecular Hbond substituents is 1. The quantitative estimate of drug-likeness (QED) is 0.439. The normalized spacial score (nSPS) is 18.0. The Hall–Kier alpha value is -3.04. The molecule has 2 unspecified atom stereocenters. The van der Waals surface area contributed by atoms with Crippen LogP contribution in [0.1, 0.15) is 48.3 Å². The van der Waals surface area contributed by atoms with Crippen LogP contribution < -0.4 is 9.64 Å². The number of carboxylic acid groups (broad SMARTS) is 1. The van der Waals surface area contributed by atoms with Gasteiger partial charge in [0.1, 0.15) is 16.9 Å². The van der Waals surface area contributed by atoms with Crippen molar-refractivity contribution in [2.45, 2.75) is 43.7 Å². The second-order valence-electron chi connectivity index (χ2n) is 8.45. The highest BCUT2D eigenvalue weighted by Crippen LogP contribution is 2.48. The minimum absolute atomic E-state index is 0.144. The zero-order valence-corrected chi connectivity index (χ0v) is 20.9. The number of carbonyl (C=O) groups is 2. The molecule has 2 N–H and O–H groups in total. The lowest BCUT2D eigenvalue weighted by Crippen LogP contribution is -2.31. The maximum absolute atomic E-state index is 13.3. The number of aliphatic carboxylic acids is 1. The van der Waals surface area contributed by atoms with Crippen LogP contribution in [-0.2, 0) is 9.59 Å². The van der Waals surface area contributed by atoms with Crippen LogP contribution in [0.5, 0.6) is 11.5 Å². The number of hydrogen-bond acceptors (Lipinski definition) is 7. The molecule has 9 heteroatoms. The van der Waals surface area contributed by atoms with Crippen molar-refractivity contribution in [2.75, 3.05) is 12.0 Å². The average Bonchev–Trinajstić information content (AvgIpc) is 3.38. The number of methoxy groups -OCH3 is 1. The monoisotopic (exact) mass is 498 g/mol. The van der Waals surface area contributed by atoms with Crippen molar-refractivity contribution >= 4 is 40.1 Å². The molecule has 1 saturated heterocycles. The first-order chi connectivity index (χ1) is 16.2. The van der Waals surface area contributed by atoms with Crippen LogP contribution in [0.2, 0.25) is 0 Å². The van der Waals surface area contributed by atoms with Gasteiger partial charge in [0, 0.05) is 10.9 Å². The van der Waals surface area contributed by atoms with Crippen molar-refractivity contribution in [1.82, 2.24) is 4.98 Å². The molecule has 2 heterocycles. The summed E-state index contributed by atoms with van der Waals surface area (Å²) in [5, 5.41) is 21.0. The molecule has 178 valence electrons. The second-order valence-corrected chi connectivity index (χ2v) is 10.6. The number of thioether (sulfide) groups is 1. The van der Waals surface area contributed by atoms with Gasteiger partial charge in [0.15, 0.2) is 5.13 Å². The van der Waals surface area contributed by atoms with Crippen molar-refractivity contribution in [1.29, 1.82) is 0 Å². The zero-order chi connectivity index (χ0) is 24.6. The first-order valence-corrected chi connectivity index (χ1v) is 12.7. The molecule has 0 bridgehead atoms. The highest BCUT2D eigenvalue weighted by molar-refractivity contribution is 8.01. The molecule has 0 aliphatic carbocycles. The molecule has 4 rings (SSSR count). The predicted molar refractivity (Wildman–Crippen MR) is 135 cm³/mol. The van der Waals surface area contributed by atoms with Gasteiger partial charge in [-0.1, -0.05) is 26.0 Å². The van der Waals surface area contributed by atoms with Gasteiger partial charge in [-0.3, -0.25) is 14.5 Å². The number of ether oxygens (including phenoxy) is 1. The van der Waals surface area contributed by atoms with Crippen molar-refractivity contribution in [3.8, 4) is 22.8 Å². The topological polar surface area (TPSA) is 100.0 Å². The van der Waals surface area contributed by atoms with E-state index in [1.165, 1.54) is 23.1 Å². The zero-order valence-electron chi connectivity index (χ0n) is 19.3. The van der Waals surface area contributed by atoms with E-state index in [0.29, 0.717) is 16.6 Å². The Kier molecular flexibility index (Phi) is 6.86. The third kappa shape index (κ3) is 4.63. The summed E-state index contributed by atoms with van der Waals surface area (Å²) in [7, 11) is 1.59. The fourth-order valence-electron chi connectivity index (χ4n) is 3.98. The summed E-state index contributed by atoms with van der Waals surface area (Å²) in [6.07, 6.45) is -0.250. The summed E-state index contributed by atoms with van der Waals surface area (Å²) in [6, 6.07) is 11.1. The molecule has 0 saturated carbocycles. The third-order valence-electron chi connectivity index (χ3n) is 5.77. The SMILES string of the molecule is COc1ccc(C2SC(CC(=O)O)C(=O)N2c2nc(-c3cc(C(C)C)c(O)cc3C)cs2)cc1. The van der Waals surface area contributed by atoms with Crippen LogP contribution in [0.25, 0.3) is 11.3 Å². The molecular weight excluding hydrogens is 472 g/mol. The maximum atomic E-state index is 13.3. The van der Waals surface area contributed by atoms with Gasteiger partial charge in [-0.25, -0.2) is 4.98 Å². The Morgan fingerprint density at radius 3 is 2.56 bits per heavy atom. The number of anilines is 1. The number of phenols is 1. The summed E-state index contributed by atoms with van der Waals surface area (Å²) in [4.78, 5) is 31.1. The summed E-state index contributed by atoms with van der Waals surface area (Å²) in [6.45, 7) is 5.95. The molecule has 1 aliphatic heterocycles. The lowest BCUT2D eigenvalue weighted by atomic mass is 9.95. The van der Waals surface area contributed by atoms with E-state index in [-0.39, 0.29) is 24.0 Å². The van der Waals surface area contributed by atoms with Gasteiger partial charge in [0.25, 0.3) is 0 Å². The van der Waals surface area contributed by atoms with Gasteiger partial charge in [0.2, 0.25) is 5.91 Å². The summed E-state index contributed by atoms with van der Waals surface area (Å²) in [5.74, 6) is -0.174. The first kappa shape index (κ1) is 24.1. The number of amides is 1. The van der Waals surface area contributed by atoms with E-state index in [1.807, 2.05) is 56.5 Å². The molecule has 0 spiro atoms. The Balaban J connectivity index is 1.73. The van der Waals surface area contributed by atoms with Crippen molar-refractivity contribution < 1.29 is 24.5 Å². The smallest absolute Gasteiger partial charge is 0.305 e. The number of aromatic hydroxyl groups is 1. The lowest BCUT2D eigenvalue weighted by Gasteiger charge is -2.21. The summed E-state index contributed by atoms with van der Waals surface area (Å²) >= 11 is 2.67. The lowest BCUT2D eigenvalue weighted by molar-refractivity contribution is -0.138. The van der Waals surface area contributed by atoms with Gasteiger partial charge in [-0.05, 0) is 53.8 Å². The van der Waals surface area contributed by atoms with Gasteiger partial charge >= 0.3 is 5.97 Å². The largest absolute Gasteiger partial charge is 0.508 e. The predicted octanol–water partition coefficient (Wildman–Crippen LogP) is 5.58. The minimum Gasteiger partial charge on any atom is -0.508 e. The number of hydrogen-bond donors (Lipinski definition) is 2. The van der Waals surface area contributed by atoms with Crippen LogP contribution in [0.15, 0.2) is 41.8 Å². The van der Waals surface area contributed by atoms with Crippen molar-refractivity contribution in [3.05, 3.63) is 58.5 Å². The van der Waals surface area contributed by atoms with E-state index < -0.39 is 16.6 Å². The molecule has 2 aromatic carbocycles. The Bertz CT molecular complexity index is 1220. The minimum atomic E-state index is -1.01. The first-order valence-electron chi connectivity index (χ1n) is 10.8. The van der Waals surface area contributed by atoms with Crippen LogP contribution in [-0.4, -0.2) is 39.4 Å². The van der Waals surface area contributed by atoms with E-state index in [9.17, 15) is 19.8 Å². The molecule has 1 aliphatic rings. The van der Waals surface area contributed by atoms with Crippen molar-refractivity contribution in [2.24, 2.45) is 0 Å². The molecule has 34 heavy (non-hydrogen) atoms. The number of thiazole rings is 1. The molecule has 0 radical (unpaired) electrons. The van der Waals surface area contributed by atoms with E-state index in [4.69, 9.17) is 9.72 Å². The summed E-state index contributed by atoms with van der Waals surface area (Å²) < 4.78 is 5.24. The summed E-state index contributed by atoms with van der Waals surface area (Å²) in [5.41, 5.74) is 4.20. The molecule has 1 aromatic heterocycles. The molecule has 1 fully saturated rings. The highest BCUT2D eigenvalue weighted by atomic mass is 32.2. The Labute approximate surface area is 206 Å². The van der Waals surface area contributed by atoms with Crippen LogP contribution in [0.4, 0.5) is 5.13 Å². The fraction of sp³-hybridized carbons (Fsp3) is 0.320. The van der Waals surface area contributed by atoms with Gasteiger partial charge in [-0.2, -0.15) is 0 Å². The van der Waals surface area contributed by atoms with Crippen LogP contribution in [0.3, 0.4) is 0 Å². The number of rotatable bonds is 7. The maximum Gasteiger partial charge on any atom is 0.305 e. The average molecular weight is 499 g/mol. The van der Waals surface area contributed by atoms with Crippen molar-refractivity contribution in [3.63, 3.8) is 0 Å². The third-order valence-corrected chi connectivity index (χ3v) is 8.05. The number of benzene rings is 2. The van der Waals surface area contributed by atoms with Gasteiger partial charge < -0.3 is 14.9 Å². The van der Waals surface area contributed by atoms with E-state index >= 15 is 0 Å². The Morgan fingerprint density at radius 1 is 1.24 bits per heavy atom. The van der Waals surface area contributed by atoms with E-state index in [1.54, 1.807) is 18.1 Å². The van der Waals surface area contributed by atoms with Gasteiger partial charge in [-0.15, -0.1) is 23.1 Å². The molecular formula is C25H26N2O5S2. The molecule has 3 aromatic rings. The van der Waals surface area contributed by atoms with Crippen LogP contribution in [0, 0.1) is 6.92 Å². The standard InChI is InChI=1S/C25H26N2O5S2/c1-13(2)17-10-18(14(3)9-20(17)28)19-12-33-25(26-19)27-23(31)21(11-22(29)30)34-24(27)15-5-7-16(32-4)8-6-15/h5-10,12-13,21,24,28H,11H2,1-4H3,(H,29,30).